The number of rotatable bonds is 17. The molecule has 0 radical (unpaired) electrons. The highest BCUT2D eigenvalue weighted by Gasteiger charge is 2.19. The Morgan fingerprint density at radius 2 is 1.55 bits per heavy atom. The molecule has 0 saturated carbocycles. The highest BCUT2D eigenvalue weighted by Crippen LogP contribution is 2.30. The van der Waals surface area contributed by atoms with E-state index < -0.39 is 0 Å². The number of pyridine rings is 1. The smallest absolute Gasteiger partial charge is 0.219 e. The van der Waals surface area contributed by atoms with Gasteiger partial charge in [-0.15, -0.1) is 0 Å². The first-order valence-electron chi connectivity index (χ1n) is 17.3. The molecule has 1 amide bonds. The van der Waals surface area contributed by atoms with Crippen LogP contribution in [0.25, 0.3) is 33.5 Å². The molecule has 0 aliphatic heterocycles. The number of benzene rings is 3. The van der Waals surface area contributed by atoms with E-state index in [9.17, 15) is 4.79 Å². The van der Waals surface area contributed by atoms with Crippen molar-refractivity contribution >= 4 is 22.6 Å². The van der Waals surface area contributed by atoms with Gasteiger partial charge in [0.2, 0.25) is 5.91 Å². The Morgan fingerprint density at radius 3 is 2.22 bits per heavy atom. The summed E-state index contributed by atoms with van der Waals surface area (Å²) in [5, 5.41) is 3.59. The summed E-state index contributed by atoms with van der Waals surface area (Å²) in [5.74, 6) is 0.590. The number of anilines is 1. The number of nitrogens with two attached hydrogens (primary N) is 1. The quantitative estimate of drug-likeness (QED) is 0.106. The molecule has 0 aliphatic carbocycles. The molecule has 0 saturated heterocycles. The maximum absolute atomic E-state index is 12.2. The first kappa shape index (κ1) is 33.6. The average Bonchev–Trinajstić information content (AvgIpc) is 3.78. The number of aromatic nitrogens is 5. The SMILES string of the molecule is CCCN(CCC)c1ccc(-c2nc3cc(C(CC(N)=O)NCc4ccc(-c5ccncc5)cc4)ccc3n2CCCn2ccnc2)cc1. The van der Waals surface area contributed by atoms with Crippen molar-refractivity contribution in [2.45, 2.75) is 65.2 Å². The topological polar surface area (TPSA) is 107 Å². The lowest BCUT2D eigenvalue weighted by Crippen LogP contribution is -2.26. The zero-order valence-electron chi connectivity index (χ0n) is 28.5. The van der Waals surface area contributed by atoms with E-state index in [1.54, 1.807) is 12.4 Å². The molecule has 0 aliphatic rings. The minimum Gasteiger partial charge on any atom is -0.372 e. The number of nitrogens with zero attached hydrogens (tertiary/aromatic N) is 6. The molecule has 1 atom stereocenters. The third-order valence-corrected chi connectivity index (χ3v) is 8.94. The van der Waals surface area contributed by atoms with Crippen LogP contribution in [0.4, 0.5) is 5.69 Å². The van der Waals surface area contributed by atoms with Gasteiger partial charge in [-0.3, -0.25) is 9.78 Å². The van der Waals surface area contributed by atoms with Crippen LogP contribution in [0.15, 0.2) is 110 Å². The number of amides is 1. The van der Waals surface area contributed by atoms with E-state index in [1.807, 2.05) is 30.9 Å². The van der Waals surface area contributed by atoms with Crippen LogP contribution in [0.1, 0.15) is 56.7 Å². The van der Waals surface area contributed by atoms with Gasteiger partial charge in [-0.05, 0) is 90.0 Å². The first-order chi connectivity index (χ1) is 24.0. The number of nitrogens with one attached hydrogen (secondary N) is 1. The lowest BCUT2D eigenvalue weighted by Gasteiger charge is -2.24. The molecule has 6 aromatic rings. The fraction of sp³-hybridized carbons (Fsp3) is 0.300. The van der Waals surface area contributed by atoms with E-state index in [0.717, 1.165) is 90.1 Å². The van der Waals surface area contributed by atoms with Crippen LogP contribution < -0.4 is 16.0 Å². The zero-order chi connectivity index (χ0) is 34.0. The van der Waals surface area contributed by atoms with Crippen LogP contribution in [0.2, 0.25) is 0 Å². The molecule has 0 fully saturated rings. The Balaban J connectivity index is 1.27. The molecule has 9 heteroatoms. The number of aryl methyl sites for hydroxylation is 2. The van der Waals surface area contributed by atoms with Crippen molar-refractivity contribution in [2.24, 2.45) is 5.73 Å². The van der Waals surface area contributed by atoms with Crippen molar-refractivity contribution in [3.8, 4) is 22.5 Å². The summed E-state index contributed by atoms with van der Waals surface area (Å²) in [6.45, 7) is 8.81. The number of hydrogen-bond acceptors (Lipinski definition) is 6. The van der Waals surface area contributed by atoms with Crippen molar-refractivity contribution in [1.82, 2.24) is 29.4 Å². The van der Waals surface area contributed by atoms with E-state index in [-0.39, 0.29) is 18.4 Å². The van der Waals surface area contributed by atoms with Crippen molar-refractivity contribution in [3.63, 3.8) is 0 Å². The summed E-state index contributed by atoms with van der Waals surface area (Å²) in [6.07, 6.45) is 12.6. The molecule has 0 spiro atoms. The van der Waals surface area contributed by atoms with Crippen LogP contribution >= 0.6 is 0 Å². The molecule has 3 aromatic carbocycles. The van der Waals surface area contributed by atoms with Crippen molar-refractivity contribution in [2.75, 3.05) is 18.0 Å². The van der Waals surface area contributed by atoms with Crippen molar-refractivity contribution < 1.29 is 4.79 Å². The second-order valence-electron chi connectivity index (χ2n) is 12.6. The van der Waals surface area contributed by atoms with E-state index in [2.05, 4.69) is 110 Å². The van der Waals surface area contributed by atoms with Gasteiger partial charge < -0.3 is 25.1 Å². The molecular weight excluding hydrogens is 608 g/mol. The second-order valence-corrected chi connectivity index (χ2v) is 12.6. The highest BCUT2D eigenvalue weighted by atomic mass is 16.1. The molecule has 3 aromatic heterocycles. The summed E-state index contributed by atoms with van der Waals surface area (Å²) in [4.78, 5) is 28.2. The summed E-state index contributed by atoms with van der Waals surface area (Å²) in [5.41, 5.74) is 14.4. The first-order valence-corrected chi connectivity index (χ1v) is 17.3. The number of carbonyl (C=O) groups excluding carboxylic acids is 1. The molecule has 3 heterocycles. The number of primary amides is 1. The molecule has 252 valence electrons. The van der Waals surface area contributed by atoms with Crippen LogP contribution in [-0.2, 0) is 24.4 Å². The number of fused-ring (bicyclic) bond motifs is 1. The highest BCUT2D eigenvalue weighted by molar-refractivity contribution is 5.82. The molecule has 49 heavy (non-hydrogen) atoms. The maximum atomic E-state index is 12.2. The summed E-state index contributed by atoms with van der Waals surface area (Å²) in [6, 6.07) is 27.4. The van der Waals surface area contributed by atoms with Gasteiger partial charge in [0.15, 0.2) is 0 Å². The van der Waals surface area contributed by atoms with Crippen LogP contribution in [0.5, 0.6) is 0 Å². The Bertz CT molecular complexity index is 1910. The van der Waals surface area contributed by atoms with Crippen molar-refractivity contribution in [3.05, 3.63) is 121 Å². The lowest BCUT2D eigenvalue weighted by atomic mass is 10.0. The second kappa shape index (κ2) is 16.2. The number of hydrogen-bond donors (Lipinski definition) is 2. The van der Waals surface area contributed by atoms with Crippen molar-refractivity contribution in [1.29, 1.82) is 0 Å². The Hall–Kier alpha value is -5.28. The van der Waals surface area contributed by atoms with Gasteiger partial charge in [0, 0.05) is 81.2 Å². The fourth-order valence-corrected chi connectivity index (χ4v) is 6.48. The minimum atomic E-state index is -0.350. The summed E-state index contributed by atoms with van der Waals surface area (Å²) in [7, 11) is 0. The van der Waals surface area contributed by atoms with Gasteiger partial charge >= 0.3 is 0 Å². The zero-order valence-corrected chi connectivity index (χ0v) is 28.5. The molecule has 1 unspecified atom stereocenters. The summed E-state index contributed by atoms with van der Waals surface area (Å²) >= 11 is 0. The molecule has 9 nitrogen and oxygen atoms in total. The van der Waals surface area contributed by atoms with Gasteiger partial charge in [0.1, 0.15) is 5.82 Å². The number of imidazole rings is 2. The standard InChI is InChI=1S/C40H46N8O/c1-3-21-47(22-4-2)35-13-10-33(11-14-35)40-45-37-26-34(12-15-38(37)48(40)24-5-23-46-25-20-43-29-46)36(27-39(41)49)44-28-30-6-8-31(9-7-30)32-16-18-42-19-17-32/h6-20,25-26,29,36,44H,3-5,21-24,27-28H2,1-2H3,(H2,41,49). The van der Waals surface area contributed by atoms with Gasteiger partial charge in [-0.2, -0.15) is 0 Å². The molecule has 0 bridgehead atoms. The van der Waals surface area contributed by atoms with Gasteiger partial charge in [0.25, 0.3) is 0 Å². The van der Waals surface area contributed by atoms with E-state index in [4.69, 9.17) is 10.7 Å². The lowest BCUT2D eigenvalue weighted by molar-refractivity contribution is -0.118. The van der Waals surface area contributed by atoms with E-state index in [1.165, 1.54) is 5.69 Å². The monoisotopic (exact) mass is 654 g/mol. The Kier molecular flexibility index (Phi) is 11.1. The van der Waals surface area contributed by atoms with Gasteiger partial charge in [0.05, 0.1) is 17.4 Å². The Morgan fingerprint density at radius 1 is 0.837 bits per heavy atom. The predicted octanol–water partition coefficient (Wildman–Crippen LogP) is 7.38. The minimum absolute atomic E-state index is 0.187. The van der Waals surface area contributed by atoms with Crippen LogP contribution in [0.3, 0.4) is 0 Å². The third kappa shape index (κ3) is 8.42. The van der Waals surface area contributed by atoms with Gasteiger partial charge in [-0.1, -0.05) is 44.2 Å². The fourth-order valence-electron chi connectivity index (χ4n) is 6.48. The Labute approximate surface area is 288 Å². The van der Waals surface area contributed by atoms with Crippen LogP contribution in [0, 0.1) is 0 Å². The molecule has 3 N–H and O–H groups in total. The maximum Gasteiger partial charge on any atom is 0.219 e. The third-order valence-electron chi connectivity index (χ3n) is 8.94. The predicted molar refractivity (Wildman–Crippen MR) is 198 cm³/mol. The summed E-state index contributed by atoms with van der Waals surface area (Å²) < 4.78 is 4.43. The number of carbonyl (C=O) groups is 1. The van der Waals surface area contributed by atoms with Crippen LogP contribution in [-0.4, -0.2) is 43.1 Å². The molecular formula is C40H46N8O. The largest absolute Gasteiger partial charge is 0.372 e. The van der Waals surface area contributed by atoms with E-state index in [0.29, 0.717) is 6.54 Å². The van der Waals surface area contributed by atoms with E-state index >= 15 is 0 Å². The normalized spacial score (nSPS) is 12.0. The molecule has 6 rings (SSSR count). The van der Waals surface area contributed by atoms with Gasteiger partial charge in [-0.25, -0.2) is 9.97 Å². The average molecular weight is 655 g/mol.